The lowest BCUT2D eigenvalue weighted by Gasteiger charge is -2.16. The van der Waals surface area contributed by atoms with Gasteiger partial charge >= 0.3 is 12.4 Å². The first kappa shape index (κ1) is 26.2. The molecule has 0 fully saturated rings. The number of rotatable bonds is 4. The summed E-state index contributed by atoms with van der Waals surface area (Å²) in [5, 5.41) is 4.17. The lowest BCUT2D eigenvalue weighted by atomic mass is 9.99. The largest absolute Gasteiger partial charge is 0.417 e. The maximum Gasteiger partial charge on any atom is 0.417 e. The fourth-order valence-electron chi connectivity index (χ4n) is 4.03. The highest BCUT2D eigenvalue weighted by atomic mass is 19.4. The van der Waals surface area contributed by atoms with Gasteiger partial charge in [-0.1, -0.05) is 18.2 Å². The summed E-state index contributed by atoms with van der Waals surface area (Å²) in [5.74, 6) is -1.28. The fraction of sp³-hybridized carbons (Fsp3) is 0.154. The van der Waals surface area contributed by atoms with Crippen molar-refractivity contribution in [3.8, 4) is 34.0 Å². The number of hydrogen-bond acceptors (Lipinski definition) is 4. The highest BCUT2D eigenvalue weighted by molar-refractivity contribution is 5.68. The van der Waals surface area contributed by atoms with Gasteiger partial charge in [-0.25, -0.2) is 18.7 Å². The van der Waals surface area contributed by atoms with Crippen molar-refractivity contribution in [2.45, 2.75) is 25.8 Å². The topological polar surface area (TPSA) is 56.5 Å². The molecule has 5 nitrogen and oxygen atoms in total. The van der Waals surface area contributed by atoms with E-state index in [1.54, 1.807) is 13.0 Å². The summed E-state index contributed by atoms with van der Waals surface area (Å²) in [4.78, 5) is 12.5. The van der Waals surface area contributed by atoms with Crippen molar-refractivity contribution in [2.24, 2.45) is 0 Å². The number of halogens is 8. The van der Waals surface area contributed by atoms with Gasteiger partial charge in [-0.2, -0.15) is 31.4 Å². The van der Waals surface area contributed by atoms with Crippen molar-refractivity contribution in [2.75, 3.05) is 0 Å². The Balaban J connectivity index is 1.45. The number of fused-ring (bicyclic) bond motifs is 1. The lowest BCUT2D eigenvalue weighted by molar-refractivity contribution is -0.142. The zero-order valence-electron chi connectivity index (χ0n) is 19.7. The van der Waals surface area contributed by atoms with Crippen LogP contribution in [0.25, 0.3) is 34.0 Å². The second-order valence-corrected chi connectivity index (χ2v) is 8.63. The van der Waals surface area contributed by atoms with Crippen LogP contribution in [-0.4, -0.2) is 24.7 Å². The third-order valence-electron chi connectivity index (χ3n) is 5.97. The van der Waals surface area contributed by atoms with Gasteiger partial charge in [0, 0.05) is 17.3 Å². The van der Waals surface area contributed by atoms with Gasteiger partial charge in [0.05, 0.1) is 30.1 Å². The molecule has 0 unspecified atom stereocenters. The number of nitrogens with zero attached hydrogens (tertiary/aromatic N) is 5. The Labute approximate surface area is 215 Å². The summed E-state index contributed by atoms with van der Waals surface area (Å²) >= 11 is 0. The van der Waals surface area contributed by atoms with E-state index in [0.717, 1.165) is 12.3 Å². The van der Waals surface area contributed by atoms with Gasteiger partial charge in [0.15, 0.2) is 5.82 Å². The highest BCUT2D eigenvalue weighted by Gasteiger charge is 2.39. The Morgan fingerprint density at radius 1 is 0.795 bits per heavy atom. The first-order valence-corrected chi connectivity index (χ1v) is 11.2. The maximum atomic E-state index is 14.9. The molecule has 2 aromatic carbocycles. The molecule has 39 heavy (non-hydrogen) atoms. The smallest absolute Gasteiger partial charge is 0.266 e. The molecule has 2 aliphatic rings. The molecule has 0 atom stereocenters. The highest BCUT2D eigenvalue weighted by Crippen LogP contribution is 2.41. The van der Waals surface area contributed by atoms with E-state index < -0.39 is 46.4 Å². The van der Waals surface area contributed by atoms with Gasteiger partial charge in [-0.3, -0.25) is 9.67 Å². The number of imidazole rings is 1. The Morgan fingerprint density at radius 3 is 2.23 bits per heavy atom. The van der Waals surface area contributed by atoms with E-state index >= 15 is 0 Å². The number of aromatic nitrogens is 5. The monoisotopic (exact) mass is 549 g/mol. The summed E-state index contributed by atoms with van der Waals surface area (Å²) in [6.45, 7) is 1.54. The van der Waals surface area contributed by atoms with Gasteiger partial charge in [0.1, 0.15) is 28.7 Å². The zero-order chi connectivity index (χ0) is 28.1. The van der Waals surface area contributed by atoms with Crippen LogP contribution in [0.15, 0.2) is 61.1 Å². The summed E-state index contributed by atoms with van der Waals surface area (Å²) in [6.07, 6.45) is -6.18. The van der Waals surface area contributed by atoms with Crippen LogP contribution in [0, 0.1) is 18.6 Å². The standard InChI is InChI=1S/C26H15F8N5/c1-13-16(3-2-4-19(13)27)24-37-21-10-36-39(12-22(21)38-24)11-14-7-20(28)23(35-9-14)17-6-5-15(25(29,30)31)8-18(17)26(32,33)34/h2-10,12H,11H2,1H3. The van der Waals surface area contributed by atoms with Gasteiger partial charge in [-0.05, 0) is 42.3 Å². The molecule has 1 aromatic heterocycles. The van der Waals surface area contributed by atoms with Crippen LogP contribution in [0.2, 0.25) is 0 Å². The molecule has 5 rings (SSSR count). The predicted octanol–water partition coefficient (Wildman–Crippen LogP) is 7.18. The van der Waals surface area contributed by atoms with Crippen molar-refractivity contribution in [1.29, 1.82) is 0 Å². The first-order valence-electron chi connectivity index (χ1n) is 11.2. The summed E-state index contributed by atoms with van der Waals surface area (Å²) in [7, 11) is 0. The zero-order valence-corrected chi connectivity index (χ0v) is 19.7. The molecule has 3 aromatic rings. The van der Waals surface area contributed by atoms with Gasteiger partial charge in [-0.15, -0.1) is 0 Å². The number of alkyl halides is 6. The average Bonchev–Trinajstić information content (AvgIpc) is 3.27. The third-order valence-corrected chi connectivity index (χ3v) is 5.97. The van der Waals surface area contributed by atoms with E-state index in [0.29, 0.717) is 34.6 Å². The van der Waals surface area contributed by atoms with Crippen LogP contribution in [0.5, 0.6) is 0 Å². The number of pyridine rings is 1. The molecule has 0 amide bonds. The van der Waals surface area contributed by atoms with Crippen molar-refractivity contribution in [1.82, 2.24) is 24.7 Å². The minimum atomic E-state index is -5.18. The predicted molar refractivity (Wildman–Crippen MR) is 123 cm³/mol. The number of benzene rings is 2. The first-order chi connectivity index (χ1) is 18.3. The molecule has 2 aliphatic heterocycles. The molecular formula is C26H15F8N5. The van der Waals surface area contributed by atoms with Crippen LogP contribution >= 0.6 is 0 Å². The minimum absolute atomic E-state index is 0.0551. The second-order valence-electron chi connectivity index (χ2n) is 8.63. The van der Waals surface area contributed by atoms with E-state index in [1.165, 1.54) is 29.2 Å². The normalized spacial score (nSPS) is 12.3. The van der Waals surface area contributed by atoms with Crippen LogP contribution < -0.4 is 0 Å². The van der Waals surface area contributed by atoms with Gasteiger partial charge < -0.3 is 0 Å². The van der Waals surface area contributed by atoms with E-state index in [4.69, 9.17) is 0 Å². The van der Waals surface area contributed by atoms with E-state index in [1.807, 2.05) is 0 Å². The minimum Gasteiger partial charge on any atom is -0.266 e. The van der Waals surface area contributed by atoms with Crippen molar-refractivity contribution in [3.05, 3.63) is 94.9 Å². The molecule has 200 valence electrons. The van der Waals surface area contributed by atoms with Gasteiger partial charge in [0.25, 0.3) is 0 Å². The van der Waals surface area contributed by atoms with E-state index in [9.17, 15) is 35.1 Å². The lowest BCUT2D eigenvalue weighted by Crippen LogP contribution is -2.13. The molecule has 0 saturated heterocycles. The SMILES string of the molecule is Cc1c(F)cccc1-c1nc2cnn(Cc3cnc(-c4ccc(C(F)(F)F)cc4C(F)(F)F)c(F)c3)cc-2n1. The molecule has 0 aliphatic carbocycles. The van der Waals surface area contributed by atoms with Crippen molar-refractivity contribution in [3.63, 3.8) is 0 Å². The third kappa shape index (κ3) is 5.16. The molecule has 3 heterocycles. The Bertz CT molecular complexity index is 1660. The van der Waals surface area contributed by atoms with Crippen molar-refractivity contribution < 1.29 is 35.1 Å². The molecule has 0 radical (unpaired) electrons. The van der Waals surface area contributed by atoms with Crippen LogP contribution in [0.4, 0.5) is 35.1 Å². The summed E-state index contributed by atoms with van der Waals surface area (Å²) in [5.41, 5.74) is -2.81. The van der Waals surface area contributed by atoms with E-state index in [2.05, 4.69) is 20.1 Å². The molecule has 0 spiro atoms. The Hall–Kier alpha value is -4.42. The van der Waals surface area contributed by atoms with Crippen LogP contribution in [0.1, 0.15) is 22.3 Å². The second kappa shape index (κ2) is 9.40. The maximum absolute atomic E-state index is 14.9. The molecule has 0 bridgehead atoms. The fourth-order valence-corrected chi connectivity index (χ4v) is 4.03. The number of hydrogen-bond donors (Lipinski definition) is 0. The van der Waals surface area contributed by atoms with E-state index in [-0.39, 0.29) is 24.0 Å². The summed E-state index contributed by atoms with van der Waals surface area (Å²) < 4.78 is 110. The van der Waals surface area contributed by atoms with Crippen LogP contribution in [-0.2, 0) is 18.9 Å². The van der Waals surface area contributed by atoms with Crippen molar-refractivity contribution >= 4 is 0 Å². The molecule has 0 saturated carbocycles. The van der Waals surface area contributed by atoms with Gasteiger partial charge in [0.2, 0.25) is 0 Å². The van der Waals surface area contributed by atoms with Crippen LogP contribution in [0.3, 0.4) is 0 Å². The molecular weight excluding hydrogens is 534 g/mol. The Kier molecular flexibility index (Phi) is 6.31. The molecule has 13 heteroatoms. The summed E-state index contributed by atoms with van der Waals surface area (Å²) in [6, 6.07) is 6.37. The molecule has 0 N–H and O–H groups in total. The quantitative estimate of drug-likeness (QED) is 0.223. The average molecular weight is 549 g/mol. The Morgan fingerprint density at radius 2 is 1.54 bits per heavy atom.